The molecule has 6 N–H and O–H groups in total. The van der Waals surface area contributed by atoms with Crippen LogP contribution in [0.4, 0.5) is 4.79 Å². The third-order valence-electron chi connectivity index (χ3n) is 9.18. The van der Waals surface area contributed by atoms with Gasteiger partial charge in [0.2, 0.25) is 0 Å². The lowest BCUT2D eigenvalue weighted by atomic mass is 9.98. The van der Waals surface area contributed by atoms with Gasteiger partial charge in [-0.25, -0.2) is 34.3 Å². The van der Waals surface area contributed by atoms with Gasteiger partial charge in [0, 0.05) is 18.1 Å². The number of benzene rings is 3. The molecule has 1 amide bonds. The predicted molar refractivity (Wildman–Crippen MR) is 207 cm³/mol. The molecule has 21 heteroatoms. The number of tetrazole rings is 1. The lowest BCUT2D eigenvalue weighted by Gasteiger charge is -2.20. The van der Waals surface area contributed by atoms with Gasteiger partial charge in [0.05, 0.1) is 35.0 Å². The fourth-order valence-electron chi connectivity index (χ4n) is 6.48. The number of hydrogen-bond donors (Lipinski definition) is 6. The second-order valence-corrected chi connectivity index (χ2v) is 13.4. The summed E-state index contributed by atoms with van der Waals surface area (Å²) in [5, 5.41) is 51.5. The molecule has 0 saturated heterocycles. The molecule has 314 valence electrons. The first-order chi connectivity index (χ1) is 28.9. The number of esters is 1. The van der Waals surface area contributed by atoms with Crippen molar-refractivity contribution >= 4 is 23.1 Å². The number of pyridine rings is 1. The van der Waals surface area contributed by atoms with Gasteiger partial charge in [-0.15, -0.1) is 5.10 Å². The van der Waals surface area contributed by atoms with Crippen LogP contribution in [-0.4, -0.2) is 104 Å². The summed E-state index contributed by atoms with van der Waals surface area (Å²) >= 11 is 0. The minimum atomic E-state index is -1.20. The average molecular weight is 827 g/mol. The molecule has 0 saturated carbocycles. The van der Waals surface area contributed by atoms with E-state index in [2.05, 4.69) is 40.7 Å². The molecule has 3 aromatic heterocycles. The lowest BCUT2D eigenvalue weighted by molar-refractivity contribution is -0.527. The van der Waals surface area contributed by atoms with E-state index in [1.54, 1.807) is 44.2 Å². The molecule has 0 aliphatic heterocycles. The van der Waals surface area contributed by atoms with E-state index in [1.807, 2.05) is 48.5 Å². The maximum Gasteiger partial charge on any atom is 0.413 e. The molecule has 2 unspecified atom stereocenters. The SMILES string of the molecule is Cc1nc(C)c2c(OC(=O)NC(Cc3ccccc3)C(=O)OCCCCC(CON(O)O)ON(O)O)cc(=O)n(Cc3ccc(-c4ccccc4-c4nnn[nH]4)cc3)c2n1. The minimum absolute atomic E-state index is 0.0506. The van der Waals surface area contributed by atoms with Crippen LogP contribution in [0.5, 0.6) is 5.75 Å². The van der Waals surface area contributed by atoms with Crippen molar-refractivity contribution in [3.05, 3.63) is 118 Å². The van der Waals surface area contributed by atoms with Crippen LogP contribution in [-0.2, 0) is 32.2 Å². The monoisotopic (exact) mass is 826 g/mol. The number of amides is 1. The Balaban J connectivity index is 1.16. The van der Waals surface area contributed by atoms with Crippen molar-refractivity contribution in [2.45, 2.75) is 58.2 Å². The van der Waals surface area contributed by atoms with Crippen LogP contribution in [0.3, 0.4) is 0 Å². The Kier molecular flexibility index (Phi) is 14.6. The second-order valence-electron chi connectivity index (χ2n) is 13.4. The third-order valence-corrected chi connectivity index (χ3v) is 9.18. The van der Waals surface area contributed by atoms with Gasteiger partial charge in [0.1, 0.15) is 24.6 Å². The molecule has 0 spiro atoms. The topological polar surface area (TPSA) is 273 Å². The van der Waals surface area contributed by atoms with Crippen molar-refractivity contribution in [2.75, 3.05) is 13.2 Å². The Bertz CT molecular complexity index is 2420. The molecule has 0 bridgehead atoms. The van der Waals surface area contributed by atoms with Crippen molar-refractivity contribution in [2.24, 2.45) is 0 Å². The molecule has 0 aliphatic rings. The zero-order valence-electron chi connectivity index (χ0n) is 32.4. The normalized spacial score (nSPS) is 12.5. The van der Waals surface area contributed by atoms with Gasteiger partial charge >= 0.3 is 12.1 Å². The summed E-state index contributed by atoms with van der Waals surface area (Å²) in [7, 11) is 0. The summed E-state index contributed by atoms with van der Waals surface area (Å²) in [5.41, 5.74) is 4.37. The Morgan fingerprint density at radius 3 is 2.32 bits per heavy atom. The molecule has 3 heterocycles. The molecule has 2 atom stereocenters. The van der Waals surface area contributed by atoms with Crippen LogP contribution in [0.1, 0.15) is 41.9 Å². The number of H-pyrrole nitrogens is 1. The Morgan fingerprint density at radius 1 is 0.883 bits per heavy atom. The average Bonchev–Trinajstić information content (AvgIpc) is 3.76. The molecular formula is C39H42N10O11. The van der Waals surface area contributed by atoms with Crippen molar-refractivity contribution in [1.82, 2.24) is 51.3 Å². The molecule has 0 aliphatic carbocycles. The van der Waals surface area contributed by atoms with E-state index in [9.17, 15) is 14.4 Å². The van der Waals surface area contributed by atoms with Crippen molar-refractivity contribution in [1.29, 1.82) is 0 Å². The number of carbonyl (C=O) groups is 2. The van der Waals surface area contributed by atoms with Gasteiger partial charge in [-0.2, -0.15) is 0 Å². The number of aromatic amines is 1. The summed E-state index contributed by atoms with van der Waals surface area (Å²) in [6.45, 7) is 3.01. The molecular weight excluding hydrogens is 784 g/mol. The highest BCUT2D eigenvalue weighted by atomic mass is 17.1. The summed E-state index contributed by atoms with van der Waals surface area (Å²) in [6.07, 6.45) is -1.22. The van der Waals surface area contributed by atoms with Crippen LogP contribution in [0, 0.1) is 13.8 Å². The van der Waals surface area contributed by atoms with Gasteiger partial charge in [-0.3, -0.25) is 30.2 Å². The van der Waals surface area contributed by atoms with Gasteiger partial charge in [-0.05, 0) is 65.8 Å². The summed E-state index contributed by atoms with van der Waals surface area (Å²) in [6, 6.07) is 24.3. The summed E-state index contributed by atoms with van der Waals surface area (Å²) in [4.78, 5) is 58.8. The summed E-state index contributed by atoms with van der Waals surface area (Å²) < 4.78 is 12.7. The van der Waals surface area contributed by atoms with E-state index >= 15 is 0 Å². The highest BCUT2D eigenvalue weighted by molar-refractivity contribution is 5.89. The van der Waals surface area contributed by atoms with Crippen LogP contribution >= 0.6 is 0 Å². The fraction of sp³-hybridized carbons (Fsp3) is 0.282. The first kappa shape index (κ1) is 43.0. The Hall–Kier alpha value is -6.56. The van der Waals surface area contributed by atoms with Gasteiger partial charge in [0.25, 0.3) is 5.56 Å². The van der Waals surface area contributed by atoms with Crippen LogP contribution < -0.4 is 15.6 Å². The number of nitrogens with one attached hydrogen (secondary N) is 2. The van der Waals surface area contributed by atoms with Crippen molar-refractivity contribution in [3.8, 4) is 28.3 Å². The van der Waals surface area contributed by atoms with Gasteiger partial charge in [0.15, 0.2) is 17.2 Å². The van der Waals surface area contributed by atoms with E-state index in [4.69, 9.17) is 35.1 Å². The number of aromatic nitrogens is 7. The zero-order chi connectivity index (χ0) is 42.6. The van der Waals surface area contributed by atoms with E-state index in [0.717, 1.165) is 27.8 Å². The van der Waals surface area contributed by atoms with Gasteiger partial charge < -0.3 is 14.8 Å². The number of nitrogens with zero attached hydrogens (tertiary/aromatic N) is 8. The molecule has 0 fully saturated rings. The first-order valence-electron chi connectivity index (χ1n) is 18.6. The molecule has 0 radical (unpaired) electrons. The number of rotatable bonds is 19. The molecule has 3 aromatic carbocycles. The number of aryl methyl sites for hydroxylation is 2. The number of unbranched alkanes of at least 4 members (excludes halogenated alkanes) is 1. The number of ether oxygens (including phenoxy) is 2. The lowest BCUT2D eigenvalue weighted by Crippen LogP contribution is -2.44. The minimum Gasteiger partial charge on any atom is -0.464 e. The fourth-order valence-corrected chi connectivity index (χ4v) is 6.48. The quantitative estimate of drug-likeness (QED) is 0.0381. The highest BCUT2D eigenvalue weighted by Gasteiger charge is 2.26. The number of fused-ring (bicyclic) bond motifs is 1. The maximum absolute atomic E-state index is 13.8. The van der Waals surface area contributed by atoms with E-state index < -0.39 is 47.2 Å². The van der Waals surface area contributed by atoms with Gasteiger partial charge in [-0.1, -0.05) is 78.9 Å². The van der Waals surface area contributed by atoms with Crippen LogP contribution in [0.25, 0.3) is 33.5 Å². The Labute approximate surface area is 341 Å². The zero-order valence-corrected chi connectivity index (χ0v) is 32.4. The van der Waals surface area contributed by atoms with Crippen molar-refractivity contribution < 1.29 is 49.6 Å². The molecule has 6 aromatic rings. The summed E-state index contributed by atoms with van der Waals surface area (Å²) in [5.74, 6) is 0.0642. The van der Waals surface area contributed by atoms with E-state index in [0.29, 0.717) is 29.1 Å². The largest absolute Gasteiger partial charge is 0.464 e. The van der Waals surface area contributed by atoms with E-state index in [1.165, 1.54) is 10.6 Å². The number of hydrogen-bond acceptors (Lipinski definition) is 18. The first-order valence-corrected chi connectivity index (χ1v) is 18.6. The maximum atomic E-state index is 13.8. The van der Waals surface area contributed by atoms with E-state index in [-0.39, 0.29) is 43.8 Å². The standard InChI is InChI=1S/C39H42N10O11/c1-24-35-33(59-39(52)42-32(20-26-10-4-3-5-11-26)38(51)57-19-9-8-12-29(60-49(55)56)23-58-48(53)54)21-34(50)47(37(35)41-25(2)40-24)22-27-15-17-28(18-16-27)30-13-6-7-14-31(30)36-43-45-46-44-36/h3-7,10-11,13-18,21,29,32,53-56H,8-9,12,19-20,22-23H2,1-2H3,(H,42,52)(H,43,44,45,46). The van der Waals surface area contributed by atoms with Crippen molar-refractivity contribution in [3.63, 3.8) is 0 Å². The second kappa shape index (κ2) is 20.4. The molecule has 6 rings (SSSR count). The number of carbonyl (C=O) groups excluding carboxylic acids is 2. The van der Waals surface area contributed by atoms with Crippen LogP contribution in [0.2, 0.25) is 0 Å². The molecule has 60 heavy (non-hydrogen) atoms. The Morgan fingerprint density at radius 2 is 1.62 bits per heavy atom. The third kappa shape index (κ3) is 11.6. The predicted octanol–water partition coefficient (Wildman–Crippen LogP) is 4.11. The smallest absolute Gasteiger partial charge is 0.413 e. The highest BCUT2D eigenvalue weighted by Crippen LogP contribution is 2.30. The van der Waals surface area contributed by atoms with Crippen LogP contribution in [0.15, 0.2) is 89.7 Å². The molecule has 21 nitrogen and oxygen atoms in total.